The van der Waals surface area contributed by atoms with Crippen LogP contribution in [0.4, 0.5) is 0 Å². The van der Waals surface area contributed by atoms with Crippen molar-refractivity contribution in [1.29, 1.82) is 0 Å². The van der Waals surface area contributed by atoms with Gasteiger partial charge in [-0.3, -0.25) is 9.59 Å². The lowest BCUT2D eigenvalue weighted by Crippen LogP contribution is -2.26. The molecule has 9 nitrogen and oxygen atoms in total. The Labute approximate surface area is 228 Å². The lowest BCUT2D eigenvalue weighted by atomic mass is 9.87. The predicted molar refractivity (Wildman–Crippen MR) is 142 cm³/mol. The Morgan fingerprint density at radius 2 is 1.67 bits per heavy atom. The normalized spacial score (nSPS) is 15.6. The van der Waals surface area contributed by atoms with E-state index in [4.69, 9.17) is 18.5 Å². The van der Waals surface area contributed by atoms with Crippen LogP contribution in [0.15, 0.2) is 45.4 Å². The predicted octanol–water partition coefficient (Wildman–Crippen LogP) is 6.24. The Kier molecular flexibility index (Phi) is 8.30. The third-order valence-corrected chi connectivity index (χ3v) is 6.47. The Hall–Kier alpha value is -3.46. The fourth-order valence-corrected chi connectivity index (χ4v) is 4.36. The number of aliphatic hydroxyl groups is 1. The minimum Gasteiger partial charge on any atom is -0.461 e. The van der Waals surface area contributed by atoms with Crippen molar-refractivity contribution in [3.05, 3.63) is 59.0 Å². The van der Waals surface area contributed by atoms with E-state index in [1.807, 2.05) is 51.1 Å². The third-order valence-electron chi connectivity index (χ3n) is 6.47. The zero-order chi connectivity index (χ0) is 28.4. The van der Waals surface area contributed by atoms with Gasteiger partial charge in [-0.1, -0.05) is 61.4 Å². The molecule has 0 radical (unpaired) electrons. The van der Waals surface area contributed by atoms with E-state index < -0.39 is 35.0 Å². The fourth-order valence-electron chi connectivity index (χ4n) is 4.36. The van der Waals surface area contributed by atoms with E-state index in [2.05, 4.69) is 10.3 Å². The van der Waals surface area contributed by atoms with Gasteiger partial charge in [0.05, 0.1) is 18.5 Å². The van der Waals surface area contributed by atoms with Gasteiger partial charge in [-0.25, -0.2) is 0 Å². The van der Waals surface area contributed by atoms with Gasteiger partial charge in [0.1, 0.15) is 18.3 Å². The molecule has 3 aromatic rings. The zero-order valence-electron chi connectivity index (χ0n) is 23.5. The summed E-state index contributed by atoms with van der Waals surface area (Å²) >= 11 is 0. The van der Waals surface area contributed by atoms with Gasteiger partial charge in [-0.2, -0.15) is 0 Å². The van der Waals surface area contributed by atoms with Gasteiger partial charge in [0.25, 0.3) is 0 Å². The molecule has 2 heterocycles. The highest BCUT2D eigenvalue weighted by atomic mass is 16.6. The number of hydrogen-bond donors (Lipinski definition) is 1. The van der Waals surface area contributed by atoms with Crippen LogP contribution >= 0.6 is 0 Å². The summed E-state index contributed by atoms with van der Waals surface area (Å²) in [6.07, 6.45) is 0.869. The highest BCUT2D eigenvalue weighted by molar-refractivity contribution is 5.75. The van der Waals surface area contributed by atoms with E-state index >= 15 is 0 Å². The number of rotatable bonds is 10. The van der Waals surface area contributed by atoms with Crippen molar-refractivity contribution in [3.63, 3.8) is 0 Å². The average molecular weight is 539 g/mol. The van der Waals surface area contributed by atoms with E-state index in [0.717, 1.165) is 24.0 Å². The van der Waals surface area contributed by atoms with Crippen LogP contribution in [-0.2, 0) is 25.7 Å². The molecule has 9 heteroatoms. The maximum Gasteiger partial charge on any atom is 0.307 e. The van der Waals surface area contributed by atoms with Crippen molar-refractivity contribution >= 4 is 11.9 Å². The first kappa shape index (κ1) is 28.5. The SMILES string of the molecule is CC(C)(C)OC(=O)C[C@@H](CC(=O)OCc1ccccc1)c1noc(-c2cc(C(O)C(C)(C)C)on2)c1C1CC1. The summed E-state index contributed by atoms with van der Waals surface area (Å²) in [4.78, 5) is 25.8. The number of hydrogen-bond acceptors (Lipinski definition) is 9. The Morgan fingerprint density at radius 1 is 1.00 bits per heavy atom. The van der Waals surface area contributed by atoms with Gasteiger partial charge in [0.15, 0.2) is 17.2 Å². The molecule has 0 aliphatic heterocycles. The van der Waals surface area contributed by atoms with Crippen LogP contribution < -0.4 is 0 Å². The van der Waals surface area contributed by atoms with Crippen LogP contribution in [0.2, 0.25) is 0 Å². The topological polar surface area (TPSA) is 125 Å². The molecule has 1 aromatic carbocycles. The standard InChI is InChI=1S/C30H38N2O7/c1-29(2,3)28(35)22-16-21(31-38-22)27-25(19-12-13-19)26(32-39-27)20(15-24(34)37-30(4,5)6)14-23(33)36-17-18-10-8-7-9-11-18/h7-11,16,19-20,28,35H,12-15,17H2,1-6H3/t20-,28?/m1/s1. The number of esters is 2. The summed E-state index contributed by atoms with van der Waals surface area (Å²) in [5.74, 6) is -0.581. The van der Waals surface area contributed by atoms with Crippen molar-refractivity contribution in [2.45, 2.75) is 97.4 Å². The van der Waals surface area contributed by atoms with Crippen molar-refractivity contribution in [2.75, 3.05) is 0 Å². The lowest BCUT2D eigenvalue weighted by molar-refractivity contribution is -0.155. The highest BCUT2D eigenvalue weighted by Crippen LogP contribution is 2.49. The molecule has 1 N–H and O–H groups in total. The Morgan fingerprint density at radius 3 is 2.28 bits per heavy atom. The molecule has 1 unspecified atom stereocenters. The first-order chi connectivity index (χ1) is 18.3. The van der Waals surface area contributed by atoms with Gasteiger partial charge >= 0.3 is 11.9 Å². The second kappa shape index (κ2) is 11.3. The number of ether oxygens (including phenoxy) is 2. The van der Waals surface area contributed by atoms with Gasteiger partial charge in [0, 0.05) is 17.5 Å². The molecule has 0 spiro atoms. The molecule has 0 amide bonds. The Bertz CT molecular complexity index is 1280. The van der Waals surface area contributed by atoms with Gasteiger partial charge in [0.2, 0.25) is 0 Å². The van der Waals surface area contributed by atoms with Crippen molar-refractivity contribution < 1.29 is 33.2 Å². The van der Waals surface area contributed by atoms with Crippen LogP contribution in [0.25, 0.3) is 11.5 Å². The van der Waals surface area contributed by atoms with E-state index in [9.17, 15) is 14.7 Å². The third kappa shape index (κ3) is 7.56. The number of aromatic nitrogens is 2. The largest absolute Gasteiger partial charge is 0.461 e. The van der Waals surface area contributed by atoms with E-state index in [1.165, 1.54) is 0 Å². The van der Waals surface area contributed by atoms with Gasteiger partial charge in [-0.15, -0.1) is 0 Å². The summed E-state index contributed by atoms with van der Waals surface area (Å²) in [6.45, 7) is 11.2. The smallest absolute Gasteiger partial charge is 0.307 e. The average Bonchev–Trinajstić information content (AvgIpc) is 3.40. The summed E-state index contributed by atoms with van der Waals surface area (Å²) < 4.78 is 22.3. The number of nitrogens with zero attached hydrogens (tertiary/aromatic N) is 2. The molecule has 1 aliphatic rings. The first-order valence-corrected chi connectivity index (χ1v) is 13.4. The molecule has 2 atom stereocenters. The fraction of sp³-hybridized carbons (Fsp3) is 0.533. The van der Waals surface area contributed by atoms with E-state index in [0.29, 0.717) is 22.9 Å². The molecule has 1 fully saturated rings. The molecular weight excluding hydrogens is 500 g/mol. The van der Waals surface area contributed by atoms with Crippen molar-refractivity contribution in [3.8, 4) is 11.5 Å². The lowest BCUT2D eigenvalue weighted by Gasteiger charge is -2.22. The molecule has 1 saturated carbocycles. The number of carbonyl (C=O) groups is 2. The molecule has 2 aromatic heterocycles. The second-order valence-corrected chi connectivity index (χ2v) is 12.3. The van der Waals surface area contributed by atoms with Crippen LogP contribution in [-0.4, -0.2) is 33.0 Å². The minimum absolute atomic E-state index is 0.0593. The van der Waals surface area contributed by atoms with Crippen LogP contribution in [0.5, 0.6) is 0 Å². The molecule has 4 rings (SSSR count). The molecule has 39 heavy (non-hydrogen) atoms. The molecule has 210 valence electrons. The number of aliphatic hydroxyl groups excluding tert-OH is 1. The van der Waals surface area contributed by atoms with E-state index in [-0.39, 0.29) is 25.4 Å². The maximum atomic E-state index is 12.9. The van der Waals surface area contributed by atoms with Crippen LogP contribution in [0, 0.1) is 5.41 Å². The molecular formula is C30H38N2O7. The monoisotopic (exact) mass is 538 g/mol. The minimum atomic E-state index is -0.857. The Balaban J connectivity index is 1.61. The quantitative estimate of drug-likeness (QED) is 0.299. The van der Waals surface area contributed by atoms with Crippen LogP contribution in [0.1, 0.15) is 108 Å². The van der Waals surface area contributed by atoms with Crippen LogP contribution in [0.3, 0.4) is 0 Å². The summed E-state index contributed by atoms with van der Waals surface area (Å²) in [5.41, 5.74) is 1.50. The summed E-state index contributed by atoms with van der Waals surface area (Å²) in [7, 11) is 0. The zero-order valence-corrected chi connectivity index (χ0v) is 23.5. The number of benzene rings is 1. The molecule has 0 bridgehead atoms. The van der Waals surface area contributed by atoms with E-state index in [1.54, 1.807) is 26.8 Å². The number of carbonyl (C=O) groups excluding carboxylic acids is 2. The van der Waals surface area contributed by atoms with Gasteiger partial charge < -0.3 is 23.6 Å². The molecule has 0 saturated heterocycles. The maximum absolute atomic E-state index is 12.9. The van der Waals surface area contributed by atoms with Gasteiger partial charge in [-0.05, 0) is 50.5 Å². The highest BCUT2D eigenvalue weighted by Gasteiger charge is 2.39. The molecule has 1 aliphatic carbocycles. The van der Waals surface area contributed by atoms with Crippen molar-refractivity contribution in [2.24, 2.45) is 5.41 Å². The summed E-state index contributed by atoms with van der Waals surface area (Å²) in [5, 5.41) is 19.1. The summed E-state index contributed by atoms with van der Waals surface area (Å²) in [6, 6.07) is 11.1. The first-order valence-electron chi connectivity index (χ1n) is 13.4. The second-order valence-electron chi connectivity index (χ2n) is 12.3. The van der Waals surface area contributed by atoms with Crippen molar-refractivity contribution in [1.82, 2.24) is 10.3 Å².